The summed E-state index contributed by atoms with van der Waals surface area (Å²) in [5.41, 5.74) is 4.81. The smallest absolute Gasteiger partial charge is 0.273 e. The van der Waals surface area contributed by atoms with Crippen LogP contribution in [0.2, 0.25) is 0 Å². The maximum Gasteiger partial charge on any atom is 0.273 e. The van der Waals surface area contributed by atoms with Gasteiger partial charge in [0.05, 0.1) is 11.4 Å². The fourth-order valence-corrected chi connectivity index (χ4v) is 5.16. The largest absolute Gasteiger partial charge is 0.367 e. The molecule has 2 fully saturated rings. The number of anilines is 1. The van der Waals surface area contributed by atoms with Crippen molar-refractivity contribution in [1.29, 1.82) is 0 Å². The Balaban J connectivity index is 1.33. The van der Waals surface area contributed by atoms with Gasteiger partial charge in [-0.05, 0) is 49.9 Å². The van der Waals surface area contributed by atoms with Gasteiger partial charge < -0.3 is 15.2 Å². The Morgan fingerprint density at radius 3 is 2.66 bits per heavy atom. The number of nitrogens with zero attached hydrogens (tertiary/aromatic N) is 5. The molecule has 0 radical (unpaired) electrons. The van der Waals surface area contributed by atoms with Gasteiger partial charge in [-0.25, -0.2) is 9.50 Å². The highest BCUT2D eigenvalue weighted by molar-refractivity contribution is 5.92. The molecule has 2 saturated heterocycles. The number of rotatable bonds is 5. The van der Waals surface area contributed by atoms with E-state index in [0.29, 0.717) is 29.9 Å². The Morgan fingerprint density at radius 1 is 1.25 bits per heavy atom. The van der Waals surface area contributed by atoms with Gasteiger partial charge >= 0.3 is 0 Å². The molecule has 3 aromatic rings. The average Bonchev–Trinajstić information content (AvgIpc) is 3.27. The van der Waals surface area contributed by atoms with Crippen molar-refractivity contribution in [3.63, 3.8) is 0 Å². The molecule has 2 atom stereocenters. The standard InChI is InChI=1S/C23H29N7O2/c1-4-18-23(32)26-21-9-15(11-30(21)27-18)10-29-16-5-6-17(29)13-28(12-16)20-8-7-19(22(31)24-3)25-14(20)2/h7-9,11,16-17H,4-6,10,12-13H2,1-3H3,(H,24,31)(H,26,32). The quantitative estimate of drug-likeness (QED) is 0.630. The Morgan fingerprint density at radius 2 is 2.00 bits per heavy atom. The number of H-pyrrole nitrogens is 1. The van der Waals surface area contributed by atoms with Crippen molar-refractivity contribution < 1.29 is 4.79 Å². The summed E-state index contributed by atoms with van der Waals surface area (Å²) >= 11 is 0. The topological polar surface area (TPSA) is 98.6 Å². The predicted octanol–water partition coefficient (Wildman–Crippen LogP) is 1.50. The minimum absolute atomic E-state index is 0.107. The number of aromatic nitrogens is 4. The number of fused-ring (bicyclic) bond motifs is 3. The lowest BCUT2D eigenvalue weighted by Gasteiger charge is -2.42. The van der Waals surface area contributed by atoms with Gasteiger partial charge in [0.2, 0.25) is 0 Å². The molecule has 3 aromatic heterocycles. The minimum atomic E-state index is -0.161. The summed E-state index contributed by atoms with van der Waals surface area (Å²) in [5.74, 6) is -0.161. The molecule has 2 aliphatic rings. The van der Waals surface area contributed by atoms with Crippen LogP contribution in [0.3, 0.4) is 0 Å². The first-order chi connectivity index (χ1) is 15.5. The van der Waals surface area contributed by atoms with E-state index in [-0.39, 0.29) is 11.5 Å². The van der Waals surface area contributed by atoms with Gasteiger partial charge in [0.1, 0.15) is 17.0 Å². The van der Waals surface area contributed by atoms with Gasteiger partial charge in [-0.2, -0.15) is 5.10 Å². The van der Waals surface area contributed by atoms with Crippen LogP contribution in [0.1, 0.15) is 47.2 Å². The zero-order valence-corrected chi connectivity index (χ0v) is 18.8. The monoisotopic (exact) mass is 435 g/mol. The number of piperazine rings is 1. The number of hydrogen-bond donors (Lipinski definition) is 2. The molecule has 2 unspecified atom stereocenters. The van der Waals surface area contributed by atoms with E-state index in [1.54, 1.807) is 17.6 Å². The molecule has 2 N–H and O–H groups in total. The molecule has 0 aromatic carbocycles. The molecule has 0 spiro atoms. The molecule has 9 heteroatoms. The highest BCUT2D eigenvalue weighted by Gasteiger charge is 2.40. The first kappa shape index (κ1) is 20.7. The fraction of sp³-hybridized carbons (Fsp3) is 0.478. The second kappa shape index (κ2) is 8.05. The Bertz CT molecular complexity index is 1220. The normalized spacial score (nSPS) is 20.8. The van der Waals surface area contributed by atoms with Crippen molar-refractivity contribution in [3.05, 3.63) is 57.4 Å². The third kappa shape index (κ3) is 3.56. The molecule has 9 nitrogen and oxygen atoms in total. The van der Waals surface area contributed by atoms with Gasteiger partial charge in [-0.1, -0.05) is 6.92 Å². The Hall–Kier alpha value is -3.20. The number of nitrogens with one attached hydrogen (secondary N) is 2. The second-order valence-electron chi connectivity index (χ2n) is 8.77. The first-order valence-electron chi connectivity index (χ1n) is 11.3. The van der Waals surface area contributed by atoms with Crippen LogP contribution >= 0.6 is 0 Å². The summed E-state index contributed by atoms with van der Waals surface area (Å²) in [4.78, 5) is 36.4. The molecule has 0 aliphatic carbocycles. The van der Waals surface area contributed by atoms with Crippen molar-refractivity contribution in [2.75, 3.05) is 25.0 Å². The highest BCUT2D eigenvalue weighted by atomic mass is 16.1. The van der Waals surface area contributed by atoms with E-state index >= 15 is 0 Å². The van der Waals surface area contributed by atoms with Crippen LogP contribution in [0.15, 0.2) is 29.2 Å². The van der Waals surface area contributed by atoms with Crippen molar-refractivity contribution in [1.82, 2.24) is 29.8 Å². The van der Waals surface area contributed by atoms with E-state index in [1.165, 1.54) is 18.4 Å². The van der Waals surface area contributed by atoms with Crippen molar-refractivity contribution in [2.45, 2.75) is 51.7 Å². The Labute approximate surface area is 186 Å². The van der Waals surface area contributed by atoms with Gasteiger partial charge in [-0.3, -0.25) is 14.5 Å². The predicted molar refractivity (Wildman–Crippen MR) is 122 cm³/mol. The number of amides is 1. The van der Waals surface area contributed by atoms with Crippen LogP contribution in [0, 0.1) is 6.92 Å². The average molecular weight is 436 g/mol. The SMILES string of the molecule is CCc1nn2cc(CN3C4CCC3CN(c3ccc(C(=O)NC)nc3C)C4)cc2[nH]c1=O. The van der Waals surface area contributed by atoms with Crippen LogP contribution in [0.4, 0.5) is 5.69 Å². The minimum Gasteiger partial charge on any atom is -0.367 e. The number of carbonyl (C=O) groups is 1. The number of pyridine rings is 1. The Kier molecular flexibility index (Phi) is 5.21. The summed E-state index contributed by atoms with van der Waals surface area (Å²) in [7, 11) is 1.62. The molecule has 168 valence electrons. The van der Waals surface area contributed by atoms with Crippen LogP contribution in [-0.2, 0) is 13.0 Å². The van der Waals surface area contributed by atoms with Crippen LogP contribution in [-0.4, -0.2) is 62.6 Å². The van der Waals surface area contributed by atoms with Gasteiger partial charge in [0, 0.05) is 45.0 Å². The van der Waals surface area contributed by atoms with Crippen molar-refractivity contribution in [3.8, 4) is 0 Å². The van der Waals surface area contributed by atoms with Crippen LogP contribution in [0.25, 0.3) is 5.65 Å². The zero-order valence-electron chi connectivity index (χ0n) is 18.8. The summed E-state index contributed by atoms with van der Waals surface area (Å²) < 4.78 is 1.79. The molecular weight excluding hydrogens is 406 g/mol. The lowest BCUT2D eigenvalue weighted by molar-refractivity contribution is 0.0958. The van der Waals surface area contributed by atoms with Crippen LogP contribution < -0.4 is 15.8 Å². The number of aromatic amines is 1. The lowest BCUT2D eigenvalue weighted by atomic mass is 10.1. The summed E-state index contributed by atoms with van der Waals surface area (Å²) in [5, 5.41) is 7.09. The summed E-state index contributed by atoms with van der Waals surface area (Å²) in [6.45, 7) is 6.65. The van der Waals surface area contributed by atoms with Crippen molar-refractivity contribution in [2.24, 2.45) is 0 Å². The third-order valence-corrected chi connectivity index (χ3v) is 6.78. The van der Waals surface area contributed by atoms with E-state index in [0.717, 1.165) is 36.7 Å². The molecule has 2 bridgehead atoms. The maximum absolute atomic E-state index is 12.1. The molecule has 5 heterocycles. The van der Waals surface area contributed by atoms with Gasteiger partial charge in [0.25, 0.3) is 11.5 Å². The maximum atomic E-state index is 12.1. The molecule has 1 amide bonds. The lowest BCUT2D eigenvalue weighted by Crippen LogP contribution is -2.53. The van der Waals surface area contributed by atoms with Crippen LogP contribution in [0.5, 0.6) is 0 Å². The first-order valence-corrected chi connectivity index (χ1v) is 11.3. The molecule has 32 heavy (non-hydrogen) atoms. The van der Waals surface area contributed by atoms with E-state index < -0.39 is 0 Å². The summed E-state index contributed by atoms with van der Waals surface area (Å²) in [6, 6.07) is 6.79. The van der Waals surface area contributed by atoms with Crippen molar-refractivity contribution >= 4 is 17.2 Å². The van der Waals surface area contributed by atoms with E-state index in [1.807, 2.05) is 32.2 Å². The number of aryl methyl sites for hydroxylation is 2. The fourth-order valence-electron chi connectivity index (χ4n) is 5.16. The molecule has 2 aliphatic heterocycles. The summed E-state index contributed by atoms with van der Waals surface area (Å²) in [6.07, 6.45) is 4.99. The number of carbonyl (C=O) groups excluding carboxylic acids is 1. The van der Waals surface area contributed by atoms with E-state index in [9.17, 15) is 9.59 Å². The highest BCUT2D eigenvalue weighted by Crippen LogP contribution is 2.34. The third-order valence-electron chi connectivity index (χ3n) is 6.78. The number of hydrogen-bond acceptors (Lipinski definition) is 6. The molecule has 0 saturated carbocycles. The van der Waals surface area contributed by atoms with E-state index in [2.05, 4.69) is 30.2 Å². The van der Waals surface area contributed by atoms with Gasteiger partial charge in [-0.15, -0.1) is 0 Å². The molecule has 5 rings (SSSR count). The van der Waals surface area contributed by atoms with E-state index in [4.69, 9.17) is 0 Å². The zero-order chi connectivity index (χ0) is 22.4. The van der Waals surface area contributed by atoms with Gasteiger partial charge in [0.15, 0.2) is 0 Å². The molecular formula is C23H29N7O2. The second-order valence-corrected chi connectivity index (χ2v) is 8.77.